The van der Waals surface area contributed by atoms with Crippen molar-refractivity contribution >= 4 is 36.3 Å². The summed E-state index contributed by atoms with van der Waals surface area (Å²) < 4.78 is 51.5. The van der Waals surface area contributed by atoms with Gasteiger partial charge in [0, 0.05) is 0 Å². The first-order chi connectivity index (χ1) is 12.2. The summed E-state index contributed by atoms with van der Waals surface area (Å²) >= 11 is 0. The highest BCUT2D eigenvalue weighted by Crippen LogP contribution is 2.29. The predicted octanol–water partition coefficient (Wildman–Crippen LogP) is 3.14. The minimum Gasteiger partial charge on any atom is -0.506 e. The number of anilines is 1. The molecule has 0 spiro atoms. The van der Waals surface area contributed by atoms with Crippen LogP contribution in [0.1, 0.15) is 6.92 Å². The summed E-state index contributed by atoms with van der Waals surface area (Å²) in [5.74, 6) is -0.487. The molecule has 0 aromatic heterocycles. The lowest BCUT2D eigenvalue weighted by molar-refractivity contribution is 0.477. The van der Waals surface area contributed by atoms with Crippen LogP contribution in [0.3, 0.4) is 0 Å². The smallest absolute Gasteiger partial charge is 0.262 e. The van der Waals surface area contributed by atoms with Gasteiger partial charge in [0.05, 0.1) is 21.2 Å². The molecule has 0 saturated carbocycles. The van der Waals surface area contributed by atoms with Gasteiger partial charge in [-0.2, -0.15) is 0 Å². The Balaban J connectivity index is 2.02. The molecule has 0 saturated heterocycles. The van der Waals surface area contributed by atoms with Crippen molar-refractivity contribution in [2.75, 3.05) is 10.5 Å². The van der Waals surface area contributed by atoms with Gasteiger partial charge < -0.3 is 5.11 Å². The summed E-state index contributed by atoms with van der Waals surface area (Å²) in [4.78, 5) is -0.0478. The Hall–Kier alpha value is -2.58. The number of phenolic OH excluding ortho intramolecular Hbond substituents is 1. The van der Waals surface area contributed by atoms with E-state index in [1.54, 1.807) is 18.2 Å². The normalized spacial score (nSPS) is 12.2. The van der Waals surface area contributed by atoms with Crippen molar-refractivity contribution in [3.05, 3.63) is 60.7 Å². The summed E-state index contributed by atoms with van der Waals surface area (Å²) in [5.41, 5.74) is -0.187. The zero-order valence-electron chi connectivity index (χ0n) is 13.9. The monoisotopic (exact) mass is 391 g/mol. The van der Waals surface area contributed by atoms with Crippen molar-refractivity contribution in [2.45, 2.75) is 16.7 Å². The Labute approximate surface area is 152 Å². The van der Waals surface area contributed by atoms with Gasteiger partial charge in [-0.3, -0.25) is 4.72 Å². The van der Waals surface area contributed by atoms with Crippen molar-refractivity contribution in [3.8, 4) is 5.75 Å². The van der Waals surface area contributed by atoms with Crippen LogP contribution in [0.25, 0.3) is 10.8 Å². The van der Waals surface area contributed by atoms with E-state index in [0.29, 0.717) is 0 Å². The first-order valence-electron chi connectivity index (χ1n) is 7.80. The Morgan fingerprint density at radius 3 is 2.19 bits per heavy atom. The fourth-order valence-corrected chi connectivity index (χ4v) is 4.50. The molecular weight excluding hydrogens is 374 g/mol. The summed E-state index contributed by atoms with van der Waals surface area (Å²) in [7, 11) is -7.53. The van der Waals surface area contributed by atoms with Crippen LogP contribution in [-0.4, -0.2) is 27.7 Å². The highest BCUT2D eigenvalue weighted by molar-refractivity contribution is 7.92. The molecule has 0 amide bonds. The Bertz CT molecular complexity index is 1190. The summed E-state index contributed by atoms with van der Waals surface area (Å²) in [6, 6.07) is 15.5. The van der Waals surface area contributed by atoms with Gasteiger partial charge in [-0.15, -0.1) is 0 Å². The first kappa shape index (κ1) is 18.2. The van der Waals surface area contributed by atoms with Gasteiger partial charge in [-0.25, -0.2) is 16.8 Å². The van der Waals surface area contributed by atoms with Crippen molar-refractivity contribution in [1.29, 1.82) is 0 Å². The minimum absolute atomic E-state index is 0.0133. The van der Waals surface area contributed by atoms with Crippen LogP contribution >= 0.6 is 0 Å². The third kappa shape index (κ3) is 3.51. The topological polar surface area (TPSA) is 101 Å². The van der Waals surface area contributed by atoms with Crippen LogP contribution in [0, 0.1) is 0 Å². The third-order valence-electron chi connectivity index (χ3n) is 3.98. The summed E-state index contributed by atoms with van der Waals surface area (Å²) in [5, 5.41) is 11.6. The highest BCUT2D eigenvalue weighted by Gasteiger charge is 2.19. The van der Waals surface area contributed by atoms with E-state index >= 15 is 0 Å². The van der Waals surface area contributed by atoms with Crippen molar-refractivity contribution in [2.24, 2.45) is 0 Å². The number of hydrogen-bond acceptors (Lipinski definition) is 5. The van der Waals surface area contributed by atoms with Gasteiger partial charge in [0.25, 0.3) is 10.0 Å². The number of sulfonamides is 1. The molecule has 0 aliphatic carbocycles. The van der Waals surface area contributed by atoms with Gasteiger partial charge in [-0.05, 0) is 41.1 Å². The molecule has 0 bridgehead atoms. The third-order valence-corrected chi connectivity index (χ3v) is 7.08. The molecule has 0 heterocycles. The van der Waals surface area contributed by atoms with E-state index in [0.717, 1.165) is 22.9 Å². The van der Waals surface area contributed by atoms with Crippen LogP contribution < -0.4 is 4.72 Å². The zero-order chi connectivity index (χ0) is 18.9. The Morgan fingerprint density at radius 1 is 0.846 bits per heavy atom. The number of fused-ring (bicyclic) bond motifs is 1. The lowest BCUT2D eigenvalue weighted by Crippen LogP contribution is -2.14. The van der Waals surface area contributed by atoms with E-state index in [9.17, 15) is 21.9 Å². The molecular formula is C18H17NO5S2. The number of aromatic hydroxyl groups is 1. The van der Waals surface area contributed by atoms with E-state index in [-0.39, 0.29) is 27.0 Å². The van der Waals surface area contributed by atoms with Gasteiger partial charge in [0.2, 0.25) is 0 Å². The molecule has 3 rings (SSSR count). The van der Waals surface area contributed by atoms with Crippen LogP contribution in [0.5, 0.6) is 5.75 Å². The Kier molecular flexibility index (Phi) is 4.64. The van der Waals surface area contributed by atoms with E-state index in [2.05, 4.69) is 4.72 Å². The number of sulfone groups is 1. The SMILES string of the molecule is CCS(=O)(=O)c1ccc(O)c(NS(=O)(=O)c2ccc3ccccc3c2)c1. The highest BCUT2D eigenvalue weighted by atomic mass is 32.2. The largest absolute Gasteiger partial charge is 0.506 e. The van der Waals surface area contributed by atoms with Gasteiger partial charge in [-0.1, -0.05) is 37.3 Å². The zero-order valence-corrected chi connectivity index (χ0v) is 15.5. The molecule has 3 aromatic rings. The minimum atomic E-state index is -4.00. The molecule has 6 nitrogen and oxygen atoms in total. The van der Waals surface area contributed by atoms with E-state index in [1.807, 2.05) is 12.1 Å². The molecule has 3 aromatic carbocycles. The number of hydrogen-bond donors (Lipinski definition) is 2. The second kappa shape index (κ2) is 6.62. The second-order valence-corrected chi connectivity index (χ2v) is 9.66. The maximum atomic E-state index is 12.7. The molecule has 0 unspecified atom stereocenters. The molecule has 0 atom stereocenters. The number of rotatable bonds is 5. The van der Waals surface area contributed by atoms with E-state index < -0.39 is 19.9 Å². The van der Waals surface area contributed by atoms with Crippen molar-refractivity contribution in [1.82, 2.24) is 0 Å². The molecule has 26 heavy (non-hydrogen) atoms. The van der Waals surface area contributed by atoms with E-state index in [4.69, 9.17) is 0 Å². The quantitative estimate of drug-likeness (QED) is 0.651. The molecule has 0 aliphatic rings. The fourth-order valence-electron chi connectivity index (χ4n) is 2.50. The van der Waals surface area contributed by atoms with Gasteiger partial charge in [0.15, 0.2) is 9.84 Å². The predicted molar refractivity (Wildman–Crippen MR) is 101 cm³/mol. The molecule has 0 fully saturated rings. The molecule has 0 radical (unpaired) electrons. The van der Waals surface area contributed by atoms with Gasteiger partial charge in [0.1, 0.15) is 5.75 Å². The molecule has 8 heteroatoms. The number of nitrogens with one attached hydrogen (secondary N) is 1. The second-order valence-electron chi connectivity index (χ2n) is 5.70. The van der Waals surface area contributed by atoms with Crippen LogP contribution in [0.4, 0.5) is 5.69 Å². The lowest BCUT2D eigenvalue weighted by Gasteiger charge is -2.12. The molecule has 2 N–H and O–H groups in total. The average molecular weight is 391 g/mol. The summed E-state index contributed by atoms with van der Waals surface area (Å²) in [6.45, 7) is 1.49. The molecule has 0 aliphatic heterocycles. The van der Waals surface area contributed by atoms with Crippen LogP contribution in [0.2, 0.25) is 0 Å². The van der Waals surface area contributed by atoms with Crippen molar-refractivity contribution in [3.63, 3.8) is 0 Å². The van der Waals surface area contributed by atoms with Gasteiger partial charge >= 0.3 is 0 Å². The van der Waals surface area contributed by atoms with Crippen LogP contribution in [-0.2, 0) is 19.9 Å². The number of benzene rings is 3. The summed E-state index contributed by atoms with van der Waals surface area (Å²) in [6.07, 6.45) is 0. The lowest BCUT2D eigenvalue weighted by atomic mass is 10.1. The Morgan fingerprint density at radius 2 is 1.50 bits per heavy atom. The number of phenols is 1. The molecule has 136 valence electrons. The van der Waals surface area contributed by atoms with Crippen LogP contribution in [0.15, 0.2) is 70.5 Å². The average Bonchev–Trinajstić information content (AvgIpc) is 2.62. The first-order valence-corrected chi connectivity index (χ1v) is 10.9. The standard InChI is InChI=1S/C18H17NO5S2/c1-2-25(21,22)15-9-10-18(20)17(12-15)19-26(23,24)16-8-7-13-5-3-4-6-14(13)11-16/h3-12,19-20H,2H2,1H3. The maximum absolute atomic E-state index is 12.7. The van der Waals surface area contributed by atoms with Crippen molar-refractivity contribution < 1.29 is 21.9 Å². The van der Waals surface area contributed by atoms with E-state index in [1.165, 1.54) is 25.1 Å². The maximum Gasteiger partial charge on any atom is 0.262 e. The fraction of sp³-hybridized carbons (Fsp3) is 0.111.